The monoisotopic (exact) mass is 249 g/mol. The van der Waals surface area contributed by atoms with Gasteiger partial charge in [-0.2, -0.15) is 0 Å². The van der Waals surface area contributed by atoms with Gasteiger partial charge in [0.15, 0.2) is 0 Å². The van der Waals surface area contributed by atoms with Crippen LogP contribution in [0.3, 0.4) is 0 Å². The largest absolute Gasteiger partial charge is 0.250 e. The van der Waals surface area contributed by atoms with Crippen molar-refractivity contribution in [3.63, 3.8) is 0 Å². The predicted molar refractivity (Wildman–Crippen MR) is 52.4 cm³/mol. The van der Waals surface area contributed by atoms with Gasteiger partial charge in [-0.3, -0.25) is 0 Å². The molecule has 2 N–H and O–H groups in total. The Morgan fingerprint density at radius 1 is 1.35 bits per heavy atom. The van der Waals surface area contributed by atoms with Crippen LogP contribution >= 0.6 is 0 Å². The van der Waals surface area contributed by atoms with Gasteiger partial charge in [-0.05, 0) is 13.8 Å². The average molecular weight is 249 g/mol. The molecule has 1 atom stereocenters. The Labute approximate surface area is 97.2 Å². The van der Waals surface area contributed by atoms with Gasteiger partial charge < -0.3 is 0 Å². The fourth-order valence-corrected chi connectivity index (χ4v) is 1.18. The molecule has 1 aromatic rings. The standard InChI is InChI=1S/C8H15N3O6/c1-6(2)11-4-7(9-10-11)3-8(15-17-13)5-14-16-12/h4,6,8,12-13H,3,5H2,1-2H3. The first-order valence-corrected chi connectivity index (χ1v) is 4.98. The molecule has 0 fully saturated rings. The van der Waals surface area contributed by atoms with Gasteiger partial charge >= 0.3 is 0 Å². The molecule has 0 saturated carbocycles. The van der Waals surface area contributed by atoms with E-state index < -0.39 is 6.10 Å². The van der Waals surface area contributed by atoms with E-state index in [1.165, 1.54) is 0 Å². The smallest absolute Gasteiger partial charge is 0.128 e. The van der Waals surface area contributed by atoms with Crippen LogP contribution in [0, 0.1) is 0 Å². The van der Waals surface area contributed by atoms with Gasteiger partial charge in [0.05, 0.1) is 5.69 Å². The lowest BCUT2D eigenvalue weighted by Crippen LogP contribution is -2.22. The van der Waals surface area contributed by atoms with Gasteiger partial charge in [0.25, 0.3) is 0 Å². The molecule has 0 saturated heterocycles. The molecular formula is C8H15N3O6. The van der Waals surface area contributed by atoms with E-state index in [9.17, 15) is 0 Å². The maximum absolute atomic E-state index is 8.19. The lowest BCUT2D eigenvalue weighted by molar-refractivity contribution is -0.532. The predicted octanol–water partition coefficient (Wildman–Crippen LogP) is 0.612. The molecule has 0 aromatic carbocycles. The van der Waals surface area contributed by atoms with Crippen molar-refractivity contribution in [1.29, 1.82) is 0 Å². The van der Waals surface area contributed by atoms with Crippen LogP contribution in [0.2, 0.25) is 0 Å². The zero-order valence-electron chi connectivity index (χ0n) is 9.52. The summed E-state index contributed by atoms with van der Waals surface area (Å²) in [6.45, 7) is 3.78. The molecule has 0 spiro atoms. The molecule has 1 rings (SSSR count). The third-order valence-electron chi connectivity index (χ3n) is 2.01. The van der Waals surface area contributed by atoms with Gasteiger partial charge in [-0.15, -0.1) is 5.10 Å². The number of nitrogens with zero attached hydrogens (tertiary/aromatic N) is 3. The van der Waals surface area contributed by atoms with Crippen molar-refractivity contribution in [3.05, 3.63) is 11.9 Å². The first-order valence-electron chi connectivity index (χ1n) is 4.98. The Morgan fingerprint density at radius 2 is 2.12 bits per heavy atom. The van der Waals surface area contributed by atoms with E-state index >= 15 is 0 Å². The van der Waals surface area contributed by atoms with Crippen LogP contribution in [0.15, 0.2) is 6.20 Å². The van der Waals surface area contributed by atoms with Crippen molar-refractivity contribution in [2.24, 2.45) is 0 Å². The minimum atomic E-state index is -0.690. The second kappa shape index (κ2) is 7.27. The Hall–Kier alpha value is -1.10. The second-order valence-corrected chi connectivity index (χ2v) is 3.64. The molecule has 9 nitrogen and oxygen atoms in total. The summed E-state index contributed by atoms with van der Waals surface area (Å²) in [5.41, 5.74) is 0.627. The highest BCUT2D eigenvalue weighted by Gasteiger charge is 2.16. The van der Waals surface area contributed by atoms with Crippen molar-refractivity contribution in [1.82, 2.24) is 15.0 Å². The molecule has 0 amide bonds. The van der Waals surface area contributed by atoms with Crippen LogP contribution in [0.1, 0.15) is 25.6 Å². The molecular weight excluding hydrogens is 234 g/mol. The maximum Gasteiger partial charge on any atom is 0.128 e. The van der Waals surface area contributed by atoms with E-state index in [2.05, 4.69) is 30.2 Å². The maximum atomic E-state index is 8.19. The molecule has 0 aliphatic carbocycles. The summed E-state index contributed by atoms with van der Waals surface area (Å²) in [6, 6.07) is 0.196. The van der Waals surface area contributed by atoms with E-state index in [1.54, 1.807) is 10.9 Å². The fraction of sp³-hybridized carbons (Fsp3) is 0.750. The summed E-state index contributed by atoms with van der Waals surface area (Å²) in [4.78, 5) is 8.74. The van der Waals surface area contributed by atoms with Gasteiger partial charge in [-0.25, -0.2) is 25.0 Å². The van der Waals surface area contributed by atoms with E-state index in [0.29, 0.717) is 5.69 Å². The van der Waals surface area contributed by atoms with Gasteiger partial charge in [0.2, 0.25) is 0 Å². The summed E-state index contributed by atoms with van der Waals surface area (Å²) in [5, 5.41) is 31.0. The summed E-state index contributed by atoms with van der Waals surface area (Å²) < 4.78 is 1.68. The number of hydrogen-bond acceptors (Lipinski definition) is 8. The van der Waals surface area contributed by atoms with Gasteiger partial charge in [0, 0.05) is 18.7 Å². The van der Waals surface area contributed by atoms with E-state index in [-0.39, 0.29) is 19.1 Å². The van der Waals surface area contributed by atoms with Gasteiger partial charge in [0.1, 0.15) is 12.7 Å². The lowest BCUT2D eigenvalue weighted by Gasteiger charge is -2.10. The third kappa shape index (κ3) is 4.73. The molecule has 0 aliphatic heterocycles. The summed E-state index contributed by atoms with van der Waals surface area (Å²) >= 11 is 0. The molecule has 0 aliphatic rings. The van der Waals surface area contributed by atoms with E-state index in [4.69, 9.17) is 10.5 Å². The van der Waals surface area contributed by atoms with E-state index in [0.717, 1.165) is 0 Å². The first-order chi connectivity index (χ1) is 8.17. The minimum Gasteiger partial charge on any atom is -0.250 e. The van der Waals surface area contributed by atoms with Crippen LogP contribution in [-0.4, -0.2) is 38.2 Å². The lowest BCUT2D eigenvalue weighted by atomic mass is 10.2. The van der Waals surface area contributed by atoms with Crippen molar-refractivity contribution < 1.29 is 30.4 Å². The molecule has 98 valence electrons. The summed E-state index contributed by atoms with van der Waals surface area (Å²) in [5.74, 6) is 0. The third-order valence-corrected chi connectivity index (χ3v) is 2.01. The summed E-state index contributed by atoms with van der Waals surface area (Å²) in [7, 11) is 0. The van der Waals surface area contributed by atoms with Crippen LogP contribution < -0.4 is 0 Å². The number of aromatic nitrogens is 3. The SMILES string of the molecule is CC(C)n1cc(CC(COOO)OOO)nn1. The number of hydrogen-bond donors (Lipinski definition) is 2. The highest BCUT2D eigenvalue weighted by molar-refractivity contribution is 4.95. The van der Waals surface area contributed by atoms with Gasteiger partial charge in [-0.1, -0.05) is 15.3 Å². The number of rotatable bonds is 8. The van der Waals surface area contributed by atoms with Crippen LogP contribution in [-0.2, 0) is 26.3 Å². The molecule has 1 heterocycles. The molecule has 9 heteroatoms. The van der Waals surface area contributed by atoms with Crippen LogP contribution in [0.25, 0.3) is 0 Å². The summed E-state index contributed by atoms with van der Waals surface area (Å²) in [6.07, 6.45) is 1.32. The molecule has 0 bridgehead atoms. The highest BCUT2D eigenvalue weighted by Crippen LogP contribution is 2.07. The fourth-order valence-electron chi connectivity index (χ4n) is 1.18. The van der Waals surface area contributed by atoms with Crippen LogP contribution in [0.5, 0.6) is 0 Å². The Balaban J connectivity index is 2.52. The molecule has 1 unspecified atom stereocenters. The van der Waals surface area contributed by atoms with Crippen molar-refractivity contribution in [2.45, 2.75) is 32.4 Å². The normalized spacial score (nSPS) is 13.2. The van der Waals surface area contributed by atoms with Crippen molar-refractivity contribution in [3.8, 4) is 0 Å². The Bertz CT molecular complexity index is 318. The highest BCUT2D eigenvalue weighted by atomic mass is 17.5. The Kier molecular flexibility index (Phi) is 5.97. The second-order valence-electron chi connectivity index (χ2n) is 3.64. The zero-order chi connectivity index (χ0) is 12.7. The van der Waals surface area contributed by atoms with E-state index in [1.807, 2.05) is 13.8 Å². The average Bonchev–Trinajstić information content (AvgIpc) is 2.75. The first kappa shape index (κ1) is 14.0. The quantitative estimate of drug-likeness (QED) is 0.509. The van der Waals surface area contributed by atoms with Crippen molar-refractivity contribution in [2.75, 3.05) is 6.61 Å². The molecule has 1 aromatic heterocycles. The minimum absolute atomic E-state index is 0.147. The molecule has 17 heavy (non-hydrogen) atoms. The topological polar surface area (TPSA) is 108 Å². The zero-order valence-corrected chi connectivity index (χ0v) is 9.52. The van der Waals surface area contributed by atoms with Crippen LogP contribution in [0.4, 0.5) is 0 Å². The van der Waals surface area contributed by atoms with Crippen molar-refractivity contribution >= 4 is 0 Å². The Morgan fingerprint density at radius 3 is 2.65 bits per heavy atom. The molecule has 0 radical (unpaired) electrons.